The highest BCUT2D eigenvalue weighted by Gasteiger charge is 2.24. The molecule has 0 aliphatic heterocycles. The molecular weight excluding hydrogens is 312 g/mol. The molecule has 1 aromatic carbocycles. The molecule has 1 atom stereocenters. The van der Waals surface area contributed by atoms with E-state index in [-0.39, 0.29) is 12.2 Å². The number of non-ortho nitro benzene ring substituents is 1. The van der Waals surface area contributed by atoms with E-state index in [1.807, 2.05) is 6.92 Å². The van der Waals surface area contributed by atoms with Crippen LogP contribution < -0.4 is 10.1 Å². The number of nitrogens with zero attached hydrogens (tertiary/aromatic N) is 3. The van der Waals surface area contributed by atoms with Crippen LogP contribution in [-0.4, -0.2) is 33.0 Å². The van der Waals surface area contributed by atoms with Gasteiger partial charge in [-0.3, -0.25) is 14.8 Å². The molecule has 2 aromatic rings. The van der Waals surface area contributed by atoms with Gasteiger partial charge in [0.1, 0.15) is 11.4 Å². The minimum atomic E-state index is -1.10. The first kappa shape index (κ1) is 17.9. The predicted molar refractivity (Wildman–Crippen MR) is 88.8 cm³/mol. The van der Waals surface area contributed by atoms with E-state index in [1.54, 1.807) is 37.1 Å². The maximum atomic E-state index is 10.9. The summed E-state index contributed by atoms with van der Waals surface area (Å²) < 4.78 is 7.13. The number of hydrogen-bond donors (Lipinski definition) is 2. The molecule has 1 heterocycles. The summed E-state index contributed by atoms with van der Waals surface area (Å²) in [6, 6.07) is 4.50. The Bertz CT molecular complexity index is 712. The van der Waals surface area contributed by atoms with Crippen molar-refractivity contribution in [1.29, 1.82) is 0 Å². The second kappa shape index (κ2) is 7.41. The molecule has 0 radical (unpaired) electrons. The van der Waals surface area contributed by atoms with Gasteiger partial charge in [0.05, 0.1) is 17.7 Å². The lowest BCUT2D eigenvalue weighted by molar-refractivity contribution is -0.384. The molecule has 24 heavy (non-hydrogen) atoms. The summed E-state index contributed by atoms with van der Waals surface area (Å²) in [5.41, 5.74) is 0.282. The van der Waals surface area contributed by atoms with E-state index in [0.29, 0.717) is 30.0 Å². The van der Waals surface area contributed by atoms with E-state index in [2.05, 4.69) is 10.4 Å². The lowest BCUT2D eigenvalue weighted by Crippen LogP contribution is -2.35. The van der Waals surface area contributed by atoms with Crippen LogP contribution in [0.25, 0.3) is 0 Å². The lowest BCUT2D eigenvalue weighted by atomic mass is 9.99. The fourth-order valence-electron chi connectivity index (χ4n) is 2.36. The summed E-state index contributed by atoms with van der Waals surface area (Å²) in [5.74, 6) is 0.594. The third-order valence-electron chi connectivity index (χ3n) is 3.67. The number of hydrogen-bond acceptors (Lipinski definition) is 6. The molecule has 1 aromatic heterocycles. The van der Waals surface area contributed by atoms with Crippen LogP contribution in [0.15, 0.2) is 30.6 Å². The van der Waals surface area contributed by atoms with Gasteiger partial charge in [-0.05, 0) is 19.9 Å². The van der Waals surface area contributed by atoms with Gasteiger partial charge in [0.15, 0.2) is 0 Å². The molecule has 130 valence electrons. The van der Waals surface area contributed by atoms with Crippen molar-refractivity contribution in [3.63, 3.8) is 0 Å². The Morgan fingerprint density at radius 3 is 2.83 bits per heavy atom. The maximum Gasteiger partial charge on any atom is 0.270 e. The van der Waals surface area contributed by atoms with Crippen LogP contribution in [0.4, 0.5) is 5.69 Å². The van der Waals surface area contributed by atoms with Crippen LogP contribution in [-0.2, 0) is 19.2 Å². The summed E-state index contributed by atoms with van der Waals surface area (Å²) in [5, 5.41) is 28.7. The molecule has 0 saturated carbocycles. The maximum absolute atomic E-state index is 10.9. The fourth-order valence-corrected chi connectivity index (χ4v) is 2.36. The van der Waals surface area contributed by atoms with Crippen LogP contribution in [0.2, 0.25) is 0 Å². The topological polar surface area (TPSA) is 102 Å². The van der Waals surface area contributed by atoms with Gasteiger partial charge in [-0.1, -0.05) is 0 Å². The monoisotopic (exact) mass is 334 g/mol. The minimum Gasteiger partial charge on any atom is -0.494 e. The zero-order valence-corrected chi connectivity index (χ0v) is 14.0. The van der Waals surface area contributed by atoms with Gasteiger partial charge in [0.2, 0.25) is 0 Å². The van der Waals surface area contributed by atoms with E-state index in [9.17, 15) is 15.2 Å². The van der Waals surface area contributed by atoms with Crippen LogP contribution >= 0.6 is 0 Å². The minimum absolute atomic E-state index is 0.00859. The van der Waals surface area contributed by atoms with Crippen molar-refractivity contribution < 1.29 is 14.8 Å². The van der Waals surface area contributed by atoms with E-state index in [4.69, 9.17) is 4.74 Å². The van der Waals surface area contributed by atoms with Crippen LogP contribution in [0.3, 0.4) is 0 Å². The van der Waals surface area contributed by atoms with Gasteiger partial charge in [-0.2, -0.15) is 5.10 Å². The Hall–Kier alpha value is -2.45. The highest BCUT2D eigenvalue weighted by molar-refractivity contribution is 5.43. The van der Waals surface area contributed by atoms with Gasteiger partial charge in [0, 0.05) is 49.6 Å². The molecular formula is C16H22N4O4. The van der Waals surface area contributed by atoms with E-state index in [0.717, 1.165) is 0 Å². The quantitative estimate of drug-likeness (QED) is 0.563. The summed E-state index contributed by atoms with van der Waals surface area (Å²) in [6.45, 7) is 4.62. The van der Waals surface area contributed by atoms with Crippen LogP contribution in [0, 0.1) is 10.1 Å². The van der Waals surface area contributed by atoms with E-state index < -0.39 is 10.5 Å². The third-order valence-corrected chi connectivity index (χ3v) is 3.67. The Balaban J connectivity index is 2.07. The molecule has 0 fully saturated rings. The van der Waals surface area contributed by atoms with Gasteiger partial charge >= 0.3 is 0 Å². The molecule has 0 saturated heterocycles. The molecule has 8 heteroatoms. The Morgan fingerprint density at radius 2 is 2.25 bits per heavy atom. The first-order valence-electron chi connectivity index (χ1n) is 7.66. The van der Waals surface area contributed by atoms with Crippen molar-refractivity contribution in [2.45, 2.75) is 26.0 Å². The predicted octanol–water partition coefficient (Wildman–Crippen LogP) is 1.72. The zero-order valence-electron chi connectivity index (χ0n) is 14.0. The molecule has 8 nitrogen and oxygen atoms in total. The lowest BCUT2D eigenvalue weighted by Gasteiger charge is -2.22. The molecule has 2 rings (SSSR count). The molecule has 1 unspecified atom stereocenters. The van der Waals surface area contributed by atoms with Crippen molar-refractivity contribution in [1.82, 2.24) is 15.1 Å². The van der Waals surface area contributed by atoms with Gasteiger partial charge < -0.3 is 15.2 Å². The standard InChI is InChI=1S/C16H22N4O4/c1-4-24-15-6-5-14(20(22)23)7-12(15)8-17-11-16(2,21)13-9-18-19(3)10-13/h5-7,9-10,17,21H,4,8,11H2,1-3H3. The smallest absolute Gasteiger partial charge is 0.270 e. The number of benzene rings is 1. The normalized spacial score (nSPS) is 13.5. The van der Waals surface area contributed by atoms with Crippen molar-refractivity contribution >= 4 is 5.69 Å². The number of aliphatic hydroxyl groups is 1. The van der Waals surface area contributed by atoms with E-state index >= 15 is 0 Å². The summed E-state index contributed by atoms with van der Waals surface area (Å²) in [7, 11) is 1.78. The SMILES string of the molecule is CCOc1ccc([N+](=O)[O-])cc1CNCC(C)(O)c1cnn(C)c1. The average molecular weight is 334 g/mol. The highest BCUT2D eigenvalue weighted by atomic mass is 16.6. The summed E-state index contributed by atoms with van der Waals surface area (Å²) >= 11 is 0. The van der Waals surface area contributed by atoms with Gasteiger partial charge in [-0.15, -0.1) is 0 Å². The van der Waals surface area contributed by atoms with Crippen molar-refractivity contribution in [2.24, 2.45) is 7.05 Å². The molecule has 0 aliphatic rings. The van der Waals surface area contributed by atoms with Crippen LogP contribution in [0.5, 0.6) is 5.75 Å². The summed E-state index contributed by atoms with van der Waals surface area (Å²) in [4.78, 5) is 10.5. The number of nitro groups is 1. The average Bonchev–Trinajstić information content (AvgIpc) is 2.96. The molecule has 0 amide bonds. The number of aryl methyl sites for hydroxylation is 1. The number of nitro benzene ring substituents is 1. The van der Waals surface area contributed by atoms with Crippen LogP contribution in [0.1, 0.15) is 25.0 Å². The van der Waals surface area contributed by atoms with Crippen molar-refractivity contribution in [3.8, 4) is 5.75 Å². The number of aromatic nitrogens is 2. The van der Waals surface area contributed by atoms with E-state index in [1.165, 1.54) is 12.1 Å². The molecule has 0 bridgehead atoms. The summed E-state index contributed by atoms with van der Waals surface area (Å²) in [6.07, 6.45) is 3.36. The second-order valence-electron chi connectivity index (χ2n) is 5.76. The number of ether oxygens (including phenoxy) is 1. The number of nitrogens with one attached hydrogen (secondary N) is 1. The van der Waals surface area contributed by atoms with Gasteiger partial charge in [0.25, 0.3) is 5.69 Å². The number of rotatable bonds is 8. The second-order valence-corrected chi connectivity index (χ2v) is 5.76. The highest BCUT2D eigenvalue weighted by Crippen LogP contribution is 2.25. The van der Waals surface area contributed by atoms with Gasteiger partial charge in [-0.25, -0.2) is 0 Å². The first-order valence-corrected chi connectivity index (χ1v) is 7.66. The zero-order chi connectivity index (χ0) is 17.7. The first-order chi connectivity index (χ1) is 11.3. The molecule has 2 N–H and O–H groups in total. The van der Waals surface area contributed by atoms with Crippen molar-refractivity contribution in [3.05, 3.63) is 51.8 Å². The van der Waals surface area contributed by atoms with Crippen molar-refractivity contribution in [2.75, 3.05) is 13.2 Å². The fraction of sp³-hybridized carbons (Fsp3) is 0.438. The molecule has 0 aliphatic carbocycles. The largest absolute Gasteiger partial charge is 0.494 e. The Labute approximate surface area is 140 Å². The third kappa shape index (κ3) is 4.30. The Morgan fingerprint density at radius 1 is 1.50 bits per heavy atom. The molecule has 0 spiro atoms. The Kier molecular flexibility index (Phi) is 5.53.